The first-order chi connectivity index (χ1) is 20.3. The molecule has 0 aliphatic carbocycles. The highest BCUT2D eigenvalue weighted by molar-refractivity contribution is 6.01. The van der Waals surface area contributed by atoms with Crippen molar-refractivity contribution >= 4 is 11.8 Å². The molecule has 220 valence electrons. The average Bonchev–Trinajstić information content (AvgIpc) is 3.29. The predicted octanol–water partition coefficient (Wildman–Crippen LogP) is 3.33. The minimum atomic E-state index is -0.883. The van der Waals surface area contributed by atoms with Crippen molar-refractivity contribution in [2.24, 2.45) is 0 Å². The van der Waals surface area contributed by atoms with Crippen molar-refractivity contribution in [3.63, 3.8) is 0 Å². The van der Waals surface area contributed by atoms with Crippen LogP contribution in [-0.4, -0.2) is 64.2 Å². The first-order valence-electron chi connectivity index (χ1n) is 14.4. The molecule has 2 saturated heterocycles. The Kier molecular flexibility index (Phi) is 8.19. The van der Waals surface area contributed by atoms with Gasteiger partial charge in [0.25, 0.3) is 5.91 Å². The fourth-order valence-corrected chi connectivity index (χ4v) is 6.11. The number of fused-ring (bicyclic) bond motifs is 1. The number of hydrogen-bond donors (Lipinski definition) is 3. The molecule has 3 N–H and O–H groups in total. The van der Waals surface area contributed by atoms with E-state index in [-0.39, 0.29) is 30.5 Å². The third-order valence-electron chi connectivity index (χ3n) is 8.36. The summed E-state index contributed by atoms with van der Waals surface area (Å²) in [5.41, 5.74) is 2.91. The molecule has 3 heterocycles. The summed E-state index contributed by atoms with van der Waals surface area (Å²) >= 11 is 0. The monoisotopic (exact) mass is 576 g/mol. The summed E-state index contributed by atoms with van der Waals surface area (Å²) in [7, 11) is 0. The summed E-state index contributed by atoms with van der Waals surface area (Å²) in [6.07, 6.45) is 0.398. The van der Waals surface area contributed by atoms with Crippen LogP contribution in [0.5, 0.6) is 5.75 Å². The number of aliphatic hydroxyl groups excluding tert-OH is 1. The summed E-state index contributed by atoms with van der Waals surface area (Å²) in [5.74, 6) is -1.11. The Morgan fingerprint density at radius 3 is 2.62 bits per heavy atom. The maximum absolute atomic E-state index is 14.4. The van der Waals surface area contributed by atoms with Crippen molar-refractivity contribution in [2.45, 2.75) is 63.3 Å². The summed E-state index contributed by atoms with van der Waals surface area (Å²) in [6, 6.07) is 18.5. The maximum atomic E-state index is 14.4. The van der Waals surface area contributed by atoms with Gasteiger partial charge in [0.1, 0.15) is 35.8 Å². The van der Waals surface area contributed by atoms with Gasteiger partial charge in [-0.2, -0.15) is 0 Å². The van der Waals surface area contributed by atoms with E-state index in [2.05, 4.69) is 27.7 Å². The van der Waals surface area contributed by atoms with Crippen LogP contribution in [0.3, 0.4) is 0 Å². The second kappa shape index (κ2) is 12.2. The van der Waals surface area contributed by atoms with E-state index in [1.165, 1.54) is 12.1 Å². The zero-order valence-electron chi connectivity index (χ0n) is 23.1. The van der Waals surface area contributed by atoms with Gasteiger partial charge in [-0.1, -0.05) is 36.4 Å². The fourth-order valence-electron chi connectivity index (χ4n) is 6.11. The molecule has 0 spiro atoms. The number of carbonyl (C=O) groups excluding carboxylic acids is 2. The third kappa shape index (κ3) is 6.16. The maximum Gasteiger partial charge on any atom is 0.255 e. The van der Waals surface area contributed by atoms with Gasteiger partial charge in [-0.05, 0) is 54.7 Å². The van der Waals surface area contributed by atoms with Crippen molar-refractivity contribution in [3.8, 4) is 5.75 Å². The molecule has 3 aliphatic rings. The highest BCUT2D eigenvalue weighted by Crippen LogP contribution is 2.31. The first kappa shape index (κ1) is 28.3. The number of benzene rings is 3. The number of amides is 2. The lowest BCUT2D eigenvalue weighted by Crippen LogP contribution is -2.54. The third-order valence-corrected chi connectivity index (χ3v) is 8.36. The van der Waals surface area contributed by atoms with Gasteiger partial charge in [-0.15, -0.1) is 0 Å². The van der Waals surface area contributed by atoms with Crippen molar-refractivity contribution in [1.82, 2.24) is 20.4 Å². The van der Waals surface area contributed by atoms with Crippen molar-refractivity contribution < 1.29 is 28.2 Å². The van der Waals surface area contributed by atoms with Crippen LogP contribution in [0.1, 0.15) is 46.3 Å². The number of rotatable bonds is 8. The number of halogens is 2. The molecule has 3 aliphatic heterocycles. The lowest BCUT2D eigenvalue weighted by Gasteiger charge is -2.39. The molecule has 2 unspecified atom stereocenters. The lowest BCUT2D eigenvalue weighted by atomic mass is 10.00. The molecule has 10 heteroatoms. The number of likely N-dealkylation sites (tertiary alicyclic amines) is 1. The highest BCUT2D eigenvalue weighted by Gasteiger charge is 2.39. The van der Waals surface area contributed by atoms with Gasteiger partial charge >= 0.3 is 0 Å². The number of ether oxygens (including phenoxy) is 1. The van der Waals surface area contributed by atoms with Crippen molar-refractivity contribution in [3.05, 3.63) is 101 Å². The summed E-state index contributed by atoms with van der Waals surface area (Å²) in [5, 5.41) is 15.9. The molecule has 0 saturated carbocycles. The molecule has 42 heavy (non-hydrogen) atoms. The Balaban J connectivity index is 1.17. The van der Waals surface area contributed by atoms with E-state index >= 15 is 0 Å². The van der Waals surface area contributed by atoms with E-state index in [0.29, 0.717) is 49.4 Å². The second-order valence-corrected chi connectivity index (χ2v) is 11.3. The molecule has 0 aromatic heterocycles. The average molecular weight is 577 g/mol. The quantitative estimate of drug-likeness (QED) is 0.381. The Hall–Kier alpha value is -3.86. The smallest absolute Gasteiger partial charge is 0.255 e. The van der Waals surface area contributed by atoms with E-state index in [1.807, 2.05) is 24.3 Å². The van der Waals surface area contributed by atoms with E-state index in [4.69, 9.17) is 4.74 Å². The molecule has 2 fully saturated rings. The normalized spacial score (nSPS) is 24.4. The van der Waals surface area contributed by atoms with E-state index in [0.717, 1.165) is 30.2 Å². The molecular formula is C32H34F2N4O4. The van der Waals surface area contributed by atoms with Crippen LogP contribution in [0.25, 0.3) is 0 Å². The molecule has 8 nitrogen and oxygen atoms in total. The van der Waals surface area contributed by atoms with Crippen molar-refractivity contribution in [2.75, 3.05) is 13.1 Å². The SMILES string of the molecule is O=C1NC(O)CCC1N1Cc2cc(O[C@H]3CN(Cc4ccc(F)cc4F)CC[C@@H]3NCc3ccccc3)ccc2C1=O. The largest absolute Gasteiger partial charge is 0.487 e. The number of hydrogen-bond acceptors (Lipinski definition) is 6. The molecule has 0 radical (unpaired) electrons. The van der Waals surface area contributed by atoms with Gasteiger partial charge < -0.3 is 25.4 Å². The zero-order chi connectivity index (χ0) is 29.2. The second-order valence-electron chi connectivity index (χ2n) is 11.3. The zero-order valence-corrected chi connectivity index (χ0v) is 23.1. The first-order valence-corrected chi connectivity index (χ1v) is 14.4. The molecule has 3 aromatic carbocycles. The molecule has 2 amide bonds. The van der Waals surface area contributed by atoms with Crippen LogP contribution >= 0.6 is 0 Å². The van der Waals surface area contributed by atoms with Gasteiger partial charge in [-0.25, -0.2) is 8.78 Å². The number of nitrogens with zero attached hydrogens (tertiary/aromatic N) is 2. The lowest BCUT2D eigenvalue weighted by molar-refractivity contribution is -0.132. The topological polar surface area (TPSA) is 94.1 Å². The molecule has 3 aromatic rings. The minimum Gasteiger partial charge on any atom is -0.487 e. The predicted molar refractivity (Wildman–Crippen MR) is 151 cm³/mol. The number of aliphatic hydroxyl groups is 1. The summed E-state index contributed by atoms with van der Waals surface area (Å²) < 4.78 is 34.4. The van der Waals surface area contributed by atoms with Crippen LogP contribution in [0.15, 0.2) is 66.7 Å². The number of carbonyl (C=O) groups is 2. The summed E-state index contributed by atoms with van der Waals surface area (Å²) in [6.45, 7) is 2.54. The van der Waals surface area contributed by atoms with Gasteiger partial charge in [0.05, 0.1) is 0 Å². The van der Waals surface area contributed by atoms with Crippen LogP contribution in [-0.2, 0) is 24.4 Å². The van der Waals surface area contributed by atoms with Crippen LogP contribution in [0.4, 0.5) is 8.78 Å². The van der Waals surface area contributed by atoms with Gasteiger partial charge in [0.15, 0.2) is 0 Å². The molecule has 6 rings (SSSR count). The van der Waals surface area contributed by atoms with Gasteiger partial charge in [-0.3, -0.25) is 14.5 Å². The summed E-state index contributed by atoms with van der Waals surface area (Å²) in [4.78, 5) is 29.3. The number of nitrogens with one attached hydrogen (secondary N) is 2. The number of piperidine rings is 2. The highest BCUT2D eigenvalue weighted by atomic mass is 19.1. The van der Waals surface area contributed by atoms with Crippen molar-refractivity contribution in [1.29, 1.82) is 0 Å². The Morgan fingerprint density at radius 1 is 1.00 bits per heavy atom. The fraction of sp³-hybridized carbons (Fsp3) is 0.375. The van der Waals surface area contributed by atoms with Gasteiger partial charge in [0.2, 0.25) is 5.91 Å². The Morgan fingerprint density at radius 2 is 1.83 bits per heavy atom. The van der Waals surface area contributed by atoms with E-state index in [1.54, 1.807) is 17.0 Å². The minimum absolute atomic E-state index is 0.0169. The standard InChI is InChI=1S/C32H34F2N4O4/c33-23-7-6-21(26(34)15-23)17-37-13-12-27(35-16-20-4-2-1-3-5-20)29(19-37)42-24-8-9-25-22(14-24)18-38(32(25)41)28-10-11-30(39)36-31(28)40/h1-9,14-15,27-30,35,39H,10-13,16-19H2,(H,36,40)/t27-,28?,29-,30?/m0/s1. The van der Waals surface area contributed by atoms with Crippen LogP contribution in [0, 0.1) is 11.6 Å². The van der Waals surface area contributed by atoms with Crippen LogP contribution in [0.2, 0.25) is 0 Å². The van der Waals surface area contributed by atoms with Gasteiger partial charge in [0, 0.05) is 56.0 Å². The molecule has 0 bridgehead atoms. The Labute approximate surface area is 243 Å². The Bertz CT molecular complexity index is 1460. The van der Waals surface area contributed by atoms with Crippen LogP contribution < -0.4 is 15.4 Å². The molecular weight excluding hydrogens is 542 g/mol. The van der Waals surface area contributed by atoms with E-state index in [9.17, 15) is 23.5 Å². The van der Waals surface area contributed by atoms with E-state index < -0.39 is 23.9 Å². The molecule has 4 atom stereocenters.